The smallest absolute Gasteiger partial charge is 0.329 e. The third-order valence-corrected chi connectivity index (χ3v) is 4.53. The molecule has 33 heavy (non-hydrogen) atoms. The van der Waals surface area contributed by atoms with Gasteiger partial charge in [0.05, 0.1) is 6.21 Å². The van der Waals surface area contributed by atoms with Crippen molar-refractivity contribution in [2.24, 2.45) is 5.10 Å². The lowest BCUT2D eigenvalue weighted by molar-refractivity contribution is -0.136. The Hall–Kier alpha value is -4.46. The molecule has 0 unspecified atom stereocenters. The molecule has 3 amide bonds. The van der Waals surface area contributed by atoms with Gasteiger partial charge in [0.2, 0.25) is 0 Å². The molecule has 0 aromatic heterocycles. The molecule has 0 bridgehead atoms. The van der Waals surface area contributed by atoms with Crippen LogP contribution in [0.3, 0.4) is 0 Å². The maximum atomic E-state index is 12.1. The summed E-state index contributed by atoms with van der Waals surface area (Å²) in [5.74, 6) is -1.45. The van der Waals surface area contributed by atoms with E-state index in [1.807, 2.05) is 44.2 Å². The minimum atomic E-state index is -0.882. The van der Waals surface area contributed by atoms with Crippen LogP contribution < -0.4 is 20.8 Å². The van der Waals surface area contributed by atoms with E-state index >= 15 is 0 Å². The summed E-state index contributed by atoms with van der Waals surface area (Å²) < 4.78 is 5.49. The molecule has 3 aromatic rings. The highest BCUT2D eigenvalue weighted by atomic mass is 16.5. The summed E-state index contributed by atoms with van der Waals surface area (Å²) in [5, 5.41) is 9.10. The van der Waals surface area contributed by atoms with Crippen LogP contribution in [0, 0.1) is 13.8 Å². The zero-order valence-electron chi connectivity index (χ0n) is 18.3. The predicted octanol–water partition coefficient (Wildman–Crippen LogP) is 3.41. The number of hydrogen-bond acceptors (Lipinski definition) is 5. The number of nitrogens with one attached hydrogen (secondary N) is 3. The van der Waals surface area contributed by atoms with Gasteiger partial charge in [0.15, 0.2) is 6.61 Å². The molecule has 168 valence electrons. The van der Waals surface area contributed by atoms with Crippen molar-refractivity contribution in [2.45, 2.75) is 13.8 Å². The van der Waals surface area contributed by atoms with Crippen LogP contribution in [0.1, 0.15) is 16.7 Å². The summed E-state index contributed by atoms with van der Waals surface area (Å²) in [4.78, 5) is 35.9. The molecule has 3 aromatic carbocycles. The highest BCUT2D eigenvalue weighted by Crippen LogP contribution is 2.14. The van der Waals surface area contributed by atoms with Gasteiger partial charge in [0, 0.05) is 11.4 Å². The molecular weight excluding hydrogens is 420 g/mol. The topological polar surface area (TPSA) is 109 Å². The van der Waals surface area contributed by atoms with Gasteiger partial charge in [-0.15, -0.1) is 0 Å². The van der Waals surface area contributed by atoms with Crippen LogP contribution >= 0.6 is 0 Å². The fraction of sp³-hybridized carbons (Fsp3) is 0.120. The van der Waals surface area contributed by atoms with E-state index in [2.05, 4.69) is 21.2 Å². The summed E-state index contributed by atoms with van der Waals surface area (Å²) in [6.07, 6.45) is 1.40. The van der Waals surface area contributed by atoms with Crippen LogP contribution in [0.15, 0.2) is 77.9 Å². The molecule has 8 heteroatoms. The number of benzene rings is 3. The second kappa shape index (κ2) is 11.2. The first-order valence-electron chi connectivity index (χ1n) is 10.2. The Labute approximate surface area is 191 Å². The third-order valence-electron chi connectivity index (χ3n) is 4.53. The van der Waals surface area contributed by atoms with Crippen molar-refractivity contribution in [2.75, 3.05) is 17.2 Å². The van der Waals surface area contributed by atoms with Crippen molar-refractivity contribution in [1.29, 1.82) is 0 Å². The van der Waals surface area contributed by atoms with Gasteiger partial charge in [-0.1, -0.05) is 30.3 Å². The van der Waals surface area contributed by atoms with Crippen molar-refractivity contribution >= 4 is 35.3 Å². The third kappa shape index (κ3) is 7.32. The summed E-state index contributed by atoms with van der Waals surface area (Å²) in [5.41, 5.74) is 6.06. The van der Waals surface area contributed by atoms with E-state index < -0.39 is 11.8 Å². The van der Waals surface area contributed by atoms with Gasteiger partial charge >= 0.3 is 11.8 Å². The van der Waals surface area contributed by atoms with E-state index in [-0.39, 0.29) is 12.5 Å². The molecule has 0 aliphatic heterocycles. The van der Waals surface area contributed by atoms with Crippen molar-refractivity contribution in [3.63, 3.8) is 0 Å². The number of carbonyl (C=O) groups excluding carboxylic acids is 3. The van der Waals surface area contributed by atoms with Crippen molar-refractivity contribution in [1.82, 2.24) is 5.43 Å². The minimum Gasteiger partial charge on any atom is -0.484 e. The fourth-order valence-corrected chi connectivity index (χ4v) is 2.83. The van der Waals surface area contributed by atoms with Crippen LogP contribution in [0.2, 0.25) is 0 Å². The number of rotatable bonds is 7. The lowest BCUT2D eigenvalue weighted by Gasteiger charge is -2.09. The first-order chi connectivity index (χ1) is 15.9. The summed E-state index contributed by atoms with van der Waals surface area (Å²) in [6.45, 7) is 3.67. The van der Waals surface area contributed by atoms with Crippen LogP contribution in [0.25, 0.3) is 0 Å². The number of ether oxygens (including phenoxy) is 1. The van der Waals surface area contributed by atoms with E-state index in [1.54, 1.807) is 42.5 Å². The molecule has 0 spiro atoms. The highest BCUT2D eigenvalue weighted by molar-refractivity contribution is 6.39. The molecule has 0 atom stereocenters. The lowest BCUT2D eigenvalue weighted by atomic mass is 10.2. The SMILES string of the molecule is Cc1cccc(NC(=O)C(=O)N/N=C\c2ccc(OCC(=O)Nc3ccccc3C)cc2)c1. The van der Waals surface area contributed by atoms with Gasteiger partial charge in [-0.05, 0) is 73.0 Å². The Balaban J connectivity index is 1.44. The number of hydrazone groups is 1. The van der Waals surface area contributed by atoms with Crippen LogP contribution in [-0.2, 0) is 14.4 Å². The number of carbonyl (C=O) groups is 3. The molecule has 3 N–H and O–H groups in total. The Kier molecular flexibility index (Phi) is 7.91. The maximum Gasteiger partial charge on any atom is 0.329 e. The van der Waals surface area contributed by atoms with Crippen molar-refractivity contribution in [3.05, 3.63) is 89.5 Å². The Morgan fingerprint density at radius 3 is 2.36 bits per heavy atom. The van der Waals surface area contributed by atoms with E-state index in [0.717, 1.165) is 16.8 Å². The van der Waals surface area contributed by atoms with Gasteiger partial charge in [-0.25, -0.2) is 5.43 Å². The Bertz CT molecular complexity index is 1170. The van der Waals surface area contributed by atoms with E-state index in [4.69, 9.17) is 4.74 Å². The molecule has 0 saturated heterocycles. The first kappa shape index (κ1) is 23.2. The summed E-state index contributed by atoms with van der Waals surface area (Å²) in [6, 6.07) is 21.4. The lowest BCUT2D eigenvalue weighted by Crippen LogP contribution is -2.32. The van der Waals surface area contributed by atoms with Gasteiger partial charge < -0.3 is 15.4 Å². The summed E-state index contributed by atoms with van der Waals surface area (Å²) >= 11 is 0. The normalized spacial score (nSPS) is 10.5. The Morgan fingerprint density at radius 1 is 0.879 bits per heavy atom. The molecule has 0 aliphatic carbocycles. The molecule has 3 rings (SSSR count). The van der Waals surface area contributed by atoms with Crippen LogP contribution in [0.4, 0.5) is 11.4 Å². The molecule has 8 nitrogen and oxygen atoms in total. The highest BCUT2D eigenvalue weighted by Gasteiger charge is 2.12. The number of anilines is 2. The maximum absolute atomic E-state index is 12.1. The van der Waals surface area contributed by atoms with Gasteiger partial charge in [-0.2, -0.15) is 5.10 Å². The van der Waals surface area contributed by atoms with Gasteiger partial charge in [0.1, 0.15) is 5.75 Å². The van der Waals surface area contributed by atoms with Crippen molar-refractivity contribution < 1.29 is 19.1 Å². The zero-order valence-corrected chi connectivity index (χ0v) is 18.3. The molecule has 0 radical (unpaired) electrons. The molecule has 0 heterocycles. The Morgan fingerprint density at radius 2 is 1.64 bits per heavy atom. The largest absolute Gasteiger partial charge is 0.484 e. The van der Waals surface area contributed by atoms with E-state index in [0.29, 0.717) is 17.0 Å². The molecule has 0 fully saturated rings. The number of hydrogen-bond donors (Lipinski definition) is 3. The second-order valence-electron chi connectivity index (χ2n) is 7.24. The van der Waals surface area contributed by atoms with Gasteiger partial charge in [-0.3, -0.25) is 14.4 Å². The number of amides is 3. The number of aryl methyl sites for hydroxylation is 2. The molecule has 0 saturated carbocycles. The zero-order chi connectivity index (χ0) is 23.6. The average molecular weight is 444 g/mol. The predicted molar refractivity (Wildman–Crippen MR) is 127 cm³/mol. The van der Waals surface area contributed by atoms with Crippen molar-refractivity contribution in [3.8, 4) is 5.75 Å². The van der Waals surface area contributed by atoms with E-state index in [9.17, 15) is 14.4 Å². The average Bonchev–Trinajstić information content (AvgIpc) is 2.80. The fourth-order valence-electron chi connectivity index (χ4n) is 2.83. The van der Waals surface area contributed by atoms with E-state index in [1.165, 1.54) is 6.21 Å². The summed E-state index contributed by atoms with van der Waals surface area (Å²) in [7, 11) is 0. The quantitative estimate of drug-likeness (QED) is 0.295. The standard InChI is InChI=1S/C25H24N4O4/c1-17-6-5-8-20(14-17)27-24(31)25(32)29-26-15-19-10-12-21(13-11-19)33-16-23(30)28-22-9-4-3-7-18(22)2/h3-15H,16H2,1-2H3,(H,27,31)(H,28,30)(H,29,32)/b26-15-. The molecular formula is C25H24N4O4. The van der Waals surface area contributed by atoms with Gasteiger partial charge in [0.25, 0.3) is 5.91 Å². The minimum absolute atomic E-state index is 0.131. The number of para-hydroxylation sites is 1. The molecule has 0 aliphatic rings. The monoisotopic (exact) mass is 444 g/mol. The first-order valence-corrected chi connectivity index (χ1v) is 10.2. The number of nitrogens with zero attached hydrogens (tertiary/aromatic N) is 1. The van der Waals surface area contributed by atoms with Crippen LogP contribution in [0.5, 0.6) is 5.75 Å². The second-order valence-corrected chi connectivity index (χ2v) is 7.24. The van der Waals surface area contributed by atoms with Crippen LogP contribution in [-0.4, -0.2) is 30.5 Å².